The fraction of sp³-hybridized carbons (Fsp3) is 0.556. The minimum absolute atomic E-state index is 0.142. The van der Waals surface area contributed by atoms with Gasteiger partial charge in [0.1, 0.15) is 11.6 Å². The Morgan fingerprint density at radius 1 is 1.24 bits per heavy atom. The van der Waals surface area contributed by atoms with Gasteiger partial charge in [-0.3, -0.25) is 4.79 Å². The number of carbonyl (C=O) groups is 1. The van der Waals surface area contributed by atoms with Crippen LogP contribution in [0.5, 0.6) is 0 Å². The van der Waals surface area contributed by atoms with Crippen molar-refractivity contribution in [2.75, 3.05) is 18.4 Å². The minimum Gasteiger partial charge on any atom is -0.366 e. The summed E-state index contributed by atoms with van der Waals surface area (Å²) in [5, 5.41) is 15.6. The average Bonchev–Trinajstić information content (AvgIpc) is 2.95. The number of carbonyl (C=O) groups excluding carboxylic acids is 1. The van der Waals surface area contributed by atoms with Crippen LogP contribution >= 0.6 is 0 Å². The smallest absolute Gasteiger partial charge is 0.230 e. The summed E-state index contributed by atoms with van der Waals surface area (Å²) in [6, 6.07) is 4.20. The third-order valence-electron chi connectivity index (χ3n) is 4.85. The van der Waals surface area contributed by atoms with Crippen LogP contribution in [-0.4, -0.2) is 45.3 Å². The van der Waals surface area contributed by atoms with Crippen molar-refractivity contribution < 1.29 is 9.32 Å². The number of hydrogen-bond acceptors (Lipinski definition) is 6. The van der Waals surface area contributed by atoms with E-state index in [9.17, 15) is 4.79 Å². The fourth-order valence-electron chi connectivity index (χ4n) is 3.43. The van der Waals surface area contributed by atoms with Crippen LogP contribution in [-0.2, 0) is 4.79 Å². The van der Waals surface area contributed by atoms with Gasteiger partial charge in [-0.2, -0.15) is 5.10 Å². The molecule has 134 valence electrons. The fourth-order valence-corrected chi connectivity index (χ4v) is 3.43. The molecule has 1 saturated heterocycles. The molecule has 7 heteroatoms. The second-order valence-electron chi connectivity index (χ2n) is 6.76. The molecule has 0 aliphatic carbocycles. The van der Waals surface area contributed by atoms with Crippen molar-refractivity contribution in [3.05, 3.63) is 34.8 Å². The summed E-state index contributed by atoms with van der Waals surface area (Å²) in [5.41, 5.74) is 2.62. The lowest BCUT2D eigenvalue weighted by Crippen LogP contribution is -2.44. The molecule has 3 rings (SSSR count). The largest absolute Gasteiger partial charge is 0.366 e. The highest BCUT2D eigenvalue weighted by molar-refractivity contribution is 5.84. The number of nitrogens with one attached hydrogen (secondary N) is 1. The predicted octanol–water partition coefficient (Wildman–Crippen LogP) is 2.60. The maximum atomic E-state index is 12.8. The standard InChI is InChI=1S/C18H25N5O2/c1-11-5-6-16(21-20-11)19-15-7-9-23(10-8-15)18(24)12(2)17-13(3)22-25-14(17)4/h5-6,12,15H,7-10H2,1-4H3,(H,19,21). The summed E-state index contributed by atoms with van der Waals surface area (Å²) in [6.45, 7) is 9.07. The Balaban J connectivity index is 1.56. The summed E-state index contributed by atoms with van der Waals surface area (Å²) in [4.78, 5) is 14.8. The number of aryl methyl sites for hydroxylation is 3. The highest BCUT2D eigenvalue weighted by Crippen LogP contribution is 2.26. The molecule has 3 heterocycles. The molecule has 7 nitrogen and oxygen atoms in total. The van der Waals surface area contributed by atoms with Gasteiger partial charge in [0.2, 0.25) is 5.91 Å². The summed E-state index contributed by atoms with van der Waals surface area (Å²) >= 11 is 0. The predicted molar refractivity (Wildman–Crippen MR) is 94.4 cm³/mol. The van der Waals surface area contributed by atoms with E-state index in [0.717, 1.165) is 54.5 Å². The van der Waals surface area contributed by atoms with Crippen molar-refractivity contribution in [2.24, 2.45) is 0 Å². The van der Waals surface area contributed by atoms with Crippen LogP contribution in [0.1, 0.15) is 48.4 Å². The second kappa shape index (κ2) is 7.21. The SMILES string of the molecule is Cc1ccc(NC2CCN(C(=O)C(C)c3c(C)noc3C)CC2)nn1. The van der Waals surface area contributed by atoms with Gasteiger partial charge in [0, 0.05) is 24.7 Å². The molecule has 0 saturated carbocycles. The van der Waals surface area contributed by atoms with Crippen LogP contribution < -0.4 is 5.32 Å². The lowest BCUT2D eigenvalue weighted by atomic mass is 9.96. The molecule has 1 N–H and O–H groups in total. The van der Waals surface area contributed by atoms with Gasteiger partial charge in [-0.15, -0.1) is 5.10 Å². The molecule has 0 aromatic carbocycles. The van der Waals surface area contributed by atoms with Crippen LogP contribution in [0.25, 0.3) is 0 Å². The number of amides is 1. The van der Waals surface area contributed by atoms with Gasteiger partial charge in [0.15, 0.2) is 0 Å². The summed E-state index contributed by atoms with van der Waals surface area (Å²) in [6.07, 6.45) is 1.80. The Bertz CT molecular complexity index is 713. The first-order chi connectivity index (χ1) is 12.0. The monoisotopic (exact) mass is 343 g/mol. The molecule has 1 amide bonds. The quantitative estimate of drug-likeness (QED) is 0.918. The first-order valence-electron chi connectivity index (χ1n) is 8.74. The maximum absolute atomic E-state index is 12.8. The van der Waals surface area contributed by atoms with Crippen LogP contribution in [0.2, 0.25) is 0 Å². The van der Waals surface area contributed by atoms with E-state index in [1.54, 1.807) is 0 Å². The maximum Gasteiger partial charge on any atom is 0.230 e. The highest BCUT2D eigenvalue weighted by Gasteiger charge is 2.29. The van der Waals surface area contributed by atoms with E-state index in [4.69, 9.17) is 4.52 Å². The third kappa shape index (κ3) is 3.81. The molecule has 1 aliphatic rings. The summed E-state index contributed by atoms with van der Waals surface area (Å²) in [5.74, 6) is 1.44. The van der Waals surface area contributed by atoms with Gasteiger partial charge in [0.05, 0.1) is 17.3 Å². The van der Waals surface area contributed by atoms with Crippen molar-refractivity contribution in [1.29, 1.82) is 0 Å². The van der Waals surface area contributed by atoms with Gasteiger partial charge in [-0.05, 0) is 52.7 Å². The van der Waals surface area contributed by atoms with Crippen LogP contribution in [0.15, 0.2) is 16.7 Å². The van der Waals surface area contributed by atoms with Crippen LogP contribution in [0.3, 0.4) is 0 Å². The number of piperidine rings is 1. The number of aromatic nitrogens is 3. The highest BCUT2D eigenvalue weighted by atomic mass is 16.5. The third-order valence-corrected chi connectivity index (χ3v) is 4.85. The number of likely N-dealkylation sites (tertiary alicyclic amines) is 1. The molecule has 0 bridgehead atoms. The van der Waals surface area contributed by atoms with Crippen molar-refractivity contribution in [2.45, 2.75) is 52.5 Å². The van der Waals surface area contributed by atoms with E-state index in [-0.39, 0.29) is 11.8 Å². The normalized spacial score (nSPS) is 16.7. The van der Waals surface area contributed by atoms with Crippen molar-refractivity contribution >= 4 is 11.7 Å². The van der Waals surface area contributed by atoms with Crippen LogP contribution in [0, 0.1) is 20.8 Å². The van der Waals surface area contributed by atoms with E-state index >= 15 is 0 Å². The number of hydrogen-bond donors (Lipinski definition) is 1. The molecule has 0 spiro atoms. The van der Waals surface area contributed by atoms with Gasteiger partial charge in [-0.25, -0.2) is 0 Å². The van der Waals surface area contributed by atoms with E-state index in [0.29, 0.717) is 6.04 Å². The first-order valence-corrected chi connectivity index (χ1v) is 8.74. The Labute approximate surface area is 147 Å². The molecule has 2 aromatic heterocycles. The zero-order chi connectivity index (χ0) is 18.0. The first kappa shape index (κ1) is 17.4. The van der Waals surface area contributed by atoms with Gasteiger partial charge >= 0.3 is 0 Å². The topological polar surface area (TPSA) is 84.2 Å². The molecular weight excluding hydrogens is 318 g/mol. The average molecular weight is 343 g/mol. The number of nitrogens with zero attached hydrogens (tertiary/aromatic N) is 4. The molecule has 0 radical (unpaired) electrons. The van der Waals surface area contributed by atoms with Crippen molar-refractivity contribution in [1.82, 2.24) is 20.3 Å². The zero-order valence-corrected chi connectivity index (χ0v) is 15.2. The summed E-state index contributed by atoms with van der Waals surface area (Å²) in [7, 11) is 0. The lowest BCUT2D eigenvalue weighted by molar-refractivity contribution is -0.133. The Kier molecular flexibility index (Phi) is 5.01. The van der Waals surface area contributed by atoms with Gasteiger partial charge < -0.3 is 14.7 Å². The molecule has 25 heavy (non-hydrogen) atoms. The Morgan fingerprint density at radius 2 is 1.96 bits per heavy atom. The molecule has 1 unspecified atom stereocenters. The Hall–Kier alpha value is -2.44. The van der Waals surface area contributed by atoms with E-state index in [1.165, 1.54) is 0 Å². The minimum atomic E-state index is -0.223. The van der Waals surface area contributed by atoms with Crippen molar-refractivity contribution in [3.8, 4) is 0 Å². The second-order valence-corrected chi connectivity index (χ2v) is 6.76. The Morgan fingerprint density at radius 3 is 2.52 bits per heavy atom. The molecular formula is C18H25N5O2. The summed E-state index contributed by atoms with van der Waals surface area (Å²) < 4.78 is 5.20. The molecule has 1 fully saturated rings. The number of anilines is 1. The van der Waals surface area contributed by atoms with Crippen molar-refractivity contribution in [3.63, 3.8) is 0 Å². The number of rotatable bonds is 4. The van der Waals surface area contributed by atoms with Gasteiger partial charge in [0.25, 0.3) is 0 Å². The lowest BCUT2D eigenvalue weighted by Gasteiger charge is -2.34. The zero-order valence-electron chi connectivity index (χ0n) is 15.2. The van der Waals surface area contributed by atoms with E-state index < -0.39 is 0 Å². The molecule has 1 aliphatic heterocycles. The molecule has 1 atom stereocenters. The van der Waals surface area contributed by atoms with E-state index in [2.05, 4.69) is 20.7 Å². The molecule has 2 aromatic rings. The van der Waals surface area contributed by atoms with E-state index in [1.807, 2.05) is 44.7 Å². The van der Waals surface area contributed by atoms with Crippen LogP contribution in [0.4, 0.5) is 5.82 Å². The van der Waals surface area contributed by atoms with Gasteiger partial charge in [-0.1, -0.05) is 5.16 Å².